The molecule has 0 aliphatic heterocycles. The van der Waals surface area contributed by atoms with Crippen LogP contribution < -0.4 is 5.73 Å². The first kappa shape index (κ1) is 10.6. The van der Waals surface area contributed by atoms with Crippen molar-refractivity contribution in [3.8, 4) is 0 Å². The Morgan fingerprint density at radius 2 is 2.27 bits per heavy atom. The van der Waals surface area contributed by atoms with Gasteiger partial charge in [-0.15, -0.1) is 0 Å². The summed E-state index contributed by atoms with van der Waals surface area (Å²) in [5, 5.41) is 0. The first-order chi connectivity index (χ1) is 7.22. The van der Waals surface area contributed by atoms with Gasteiger partial charge in [0.15, 0.2) is 0 Å². The quantitative estimate of drug-likeness (QED) is 0.804. The summed E-state index contributed by atoms with van der Waals surface area (Å²) in [5.41, 5.74) is 9.69. The Labute approximate surface area is 91.9 Å². The van der Waals surface area contributed by atoms with Crippen LogP contribution in [-0.4, -0.2) is 11.5 Å². The molecule has 15 heavy (non-hydrogen) atoms. The molecule has 1 aromatic heterocycles. The van der Waals surface area contributed by atoms with Gasteiger partial charge in [-0.2, -0.15) is 0 Å². The van der Waals surface area contributed by atoms with Crippen molar-refractivity contribution >= 4 is 0 Å². The summed E-state index contributed by atoms with van der Waals surface area (Å²) < 4.78 is 0. The van der Waals surface area contributed by atoms with E-state index in [-0.39, 0.29) is 0 Å². The van der Waals surface area contributed by atoms with Crippen molar-refractivity contribution in [2.24, 2.45) is 5.73 Å². The summed E-state index contributed by atoms with van der Waals surface area (Å²) >= 11 is 0. The van der Waals surface area contributed by atoms with Gasteiger partial charge in [0.25, 0.3) is 0 Å². The summed E-state index contributed by atoms with van der Waals surface area (Å²) in [6, 6.07) is 4.41. The number of aromatic nitrogens is 1. The van der Waals surface area contributed by atoms with E-state index in [1.165, 1.54) is 29.8 Å². The summed E-state index contributed by atoms with van der Waals surface area (Å²) in [4.78, 5) is 4.76. The zero-order valence-electron chi connectivity index (χ0n) is 9.66. The third-order valence-electron chi connectivity index (χ3n) is 3.31. The molecule has 0 saturated carbocycles. The second-order valence-corrected chi connectivity index (χ2v) is 4.75. The maximum Gasteiger partial charge on any atom is 0.0442 e. The minimum absolute atomic E-state index is 0.522. The van der Waals surface area contributed by atoms with Crippen molar-refractivity contribution in [3.05, 3.63) is 29.1 Å². The van der Waals surface area contributed by atoms with E-state index in [1.807, 2.05) is 0 Å². The highest BCUT2D eigenvalue weighted by Gasteiger charge is 2.20. The number of rotatable bonds is 2. The molecule has 1 atom stereocenters. The first-order valence-electron chi connectivity index (χ1n) is 5.92. The van der Waals surface area contributed by atoms with Crippen LogP contribution in [0.1, 0.15) is 55.5 Å². The lowest BCUT2D eigenvalue weighted by atomic mass is 9.85. The highest BCUT2D eigenvalue weighted by molar-refractivity contribution is 5.30. The number of aryl methyl sites for hydroxylation is 1. The van der Waals surface area contributed by atoms with Crippen LogP contribution in [-0.2, 0) is 6.42 Å². The van der Waals surface area contributed by atoms with Crippen molar-refractivity contribution in [2.45, 2.75) is 44.9 Å². The molecule has 2 heteroatoms. The Bertz CT molecular complexity index is 344. The van der Waals surface area contributed by atoms with Gasteiger partial charge in [0.1, 0.15) is 0 Å². The van der Waals surface area contributed by atoms with Crippen molar-refractivity contribution in [1.82, 2.24) is 4.98 Å². The van der Waals surface area contributed by atoms with Crippen LogP contribution in [0.3, 0.4) is 0 Å². The van der Waals surface area contributed by atoms with Crippen LogP contribution in [0.4, 0.5) is 0 Å². The van der Waals surface area contributed by atoms with E-state index in [9.17, 15) is 0 Å². The van der Waals surface area contributed by atoms with Gasteiger partial charge in [0.2, 0.25) is 0 Å². The second-order valence-electron chi connectivity index (χ2n) is 4.75. The number of pyridine rings is 1. The lowest BCUT2D eigenvalue weighted by Gasteiger charge is -2.24. The van der Waals surface area contributed by atoms with Crippen molar-refractivity contribution < 1.29 is 0 Å². The molecule has 1 unspecified atom stereocenters. The molecule has 0 fully saturated rings. The fourth-order valence-electron chi connectivity index (χ4n) is 2.34. The molecule has 0 bridgehead atoms. The molecule has 1 aliphatic rings. The minimum atomic E-state index is 0.522. The molecular formula is C13H20N2. The largest absolute Gasteiger partial charge is 0.330 e. The molecule has 0 aromatic carbocycles. The zero-order valence-corrected chi connectivity index (χ0v) is 9.66. The van der Waals surface area contributed by atoms with Crippen LogP contribution in [0, 0.1) is 0 Å². The molecule has 0 spiro atoms. The van der Waals surface area contributed by atoms with Gasteiger partial charge < -0.3 is 5.73 Å². The molecule has 1 aliphatic carbocycles. The number of fused-ring (bicyclic) bond motifs is 1. The molecule has 2 rings (SSSR count). The van der Waals surface area contributed by atoms with Crippen LogP contribution >= 0.6 is 0 Å². The van der Waals surface area contributed by atoms with Crippen LogP contribution in [0.5, 0.6) is 0 Å². The third-order valence-corrected chi connectivity index (χ3v) is 3.31. The van der Waals surface area contributed by atoms with E-state index in [4.69, 9.17) is 10.7 Å². The third kappa shape index (κ3) is 2.05. The lowest BCUT2D eigenvalue weighted by molar-refractivity contribution is 0.548. The SMILES string of the molecule is CC(C)c1ccc2c(n1)CCCC2CN. The summed E-state index contributed by atoms with van der Waals surface area (Å²) in [7, 11) is 0. The molecule has 0 radical (unpaired) electrons. The Balaban J connectivity index is 2.36. The summed E-state index contributed by atoms with van der Waals surface area (Å²) in [6.07, 6.45) is 3.60. The minimum Gasteiger partial charge on any atom is -0.330 e. The number of hydrogen-bond acceptors (Lipinski definition) is 2. The van der Waals surface area contributed by atoms with Crippen molar-refractivity contribution in [3.63, 3.8) is 0 Å². The second kappa shape index (κ2) is 4.31. The van der Waals surface area contributed by atoms with Crippen molar-refractivity contribution in [1.29, 1.82) is 0 Å². The van der Waals surface area contributed by atoms with Gasteiger partial charge in [-0.25, -0.2) is 0 Å². The molecule has 82 valence electrons. The van der Waals surface area contributed by atoms with Gasteiger partial charge >= 0.3 is 0 Å². The first-order valence-corrected chi connectivity index (χ1v) is 5.92. The highest BCUT2D eigenvalue weighted by Crippen LogP contribution is 2.30. The van der Waals surface area contributed by atoms with E-state index >= 15 is 0 Å². The topological polar surface area (TPSA) is 38.9 Å². The van der Waals surface area contributed by atoms with E-state index < -0.39 is 0 Å². The predicted octanol–water partition coefficient (Wildman–Crippen LogP) is 2.58. The number of hydrogen-bond donors (Lipinski definition) is 1. The molecule has 1 aromatic rings. The fraction of sp³-hybridized carbons (Fsp3) is 0.615. The molecule has 0 amide bonds. The Morgan fingerprint density at radius 1 is 1.47 bits per heavy atom. The average Bonchev–Trinajstić information content (AvgIpc) is 2.27. The lowest BCUT2D eigenvalue weighted by Crippen LogP contribution is -2.19. The van der Waals surface area contributed by atoms with E-state index in [0.717, 1.165) is 13.0 Å². The normalized spacial score (nSPS) is 20.4. The fourth-order valence-corrected chi connectivity index (χ4v) is 2.34. The van der Waals surface area contributed by atoms with Gasteiger partial charge in [0.05, 0.1) is 0 Å². The maximum atomic E-state index is 5.79. The highest BCUT2D eigenvalue weighted by atomic mass is 14.7. The Morgan fingerprint density at radius 3 is 2.93 bits per heavy atom. The van der Waals surface area contributed by atoms with E-state index in [2.05, 4.69) is 26.0 Å². The maximum absolute atomic E-state index is 5.79. The summed E-state index contributed by atoms with van der Waals surface area (Å²) in [5.74, 6) is 1.07. The standard InChI is InChI=1S/C13H20N2/c1-9(2)12-7-6-11-10(8-14)4-3-5-13(11)15-12/h6-7,9-10H,3-5,8,14H2,1-2H3. The molecule has 1 heterocycles. The monoisotopic (exact) mass is 204 g/mol. The smallest absolute Gasteiger partial charge is 0.0442 e. The van der Waals surface area contributed by atoms with Gasteiger partial charge in [0, 0.05) is 11.4 Å². The summed E-state index contributed by atoms with van der Waals surface area (Å²) in [6.45, 7) is 5.14. The Hall–Kier alpha value is -0.890. The van der Waals surface area contributed by atoms with Gasteiger partial charge in [-0.05, 0) is 49.3 Å². The van der Waals surface area contributed by atoms with Crippen LogP contribution in [0.2, 0.25) is 0 Å². The predicted molar refractivity (Wildman–Crippen MR) is 63.1 cm³/mol. The van der Waals surface area contributed by atoms with Crippen LogP contribution in [0.25, 0.3) is 0 Å². The molecule has 2 nitrogen and oxygen atoms in total. The van der Waals surface area contributed by atoms with Gasteiger partial charge in [-0.3, -0.25) is 4.98 Å². The van der Waals surface area contributed by atoms with E-state index in [0.29, 0.717) is 11.8 Å². The number of nitrogens with zero attached hydrogens (tertiary/aromatic N) is 1. The molecular weight excluding hydrogens is 184 g/mol. The Kier molecular flexibility index (Phi) is 3.06. The molecule has 0 saturated heterocycles. The van der Waals surface area contributed by atoms with Gasteiger partial charge in [-0.1, -0.05) is 19.9 Å². The average molecular weight is 204 g/mol. The van der Waals surface area contributed by atoms with E-state index in [1.54, 1.807) is 0 Å². The van der Waals surface area contributed by atoms with Crippen LogP contribution in [0.15, 0.2) is 12.1 Å². The zero-order chi connectivity index (χ0) is 10.8. The molecule has 2 N–H and O–H groups in total. The number of nitrogens with two attached hydrogens (primary N) is 1. The van der Waals surface area contributed by atoms with Crippen molar-refractivity contribution in [2.75, 3.05) is 6.54 Å².